The lowest BCUT2D eigenvalue weighted by Crippen LogP contribution is -2.28. The smallest absolute Gasteiger partial charge is 0.303 e. The van der Waals surface area contributed by atoms with E-state index >= 15 is 0 Å². The van der Waals surface area contributed by atoms with Crippen molar-refractivity contribution >= 4 is 45.8 Å². The van der Waals surface area contributed by atoms with Gasteiger partial charge in [-0.3, -0.25) is 9.59 Å². The van der Waals surface area contributed by atoms with Crippen molar-refractivity contribution in [3.8, 4) is 0 Å². The fraction of sp³-hybridized carbons (Fsp3) is 0.200. The van der Waals surface area contributed by atoms with E-state index in [-0.39, 0.29) is 18.4 Å². The zero-order valence-corrected chi connectivity index (χ0v) is 14.1. The Morgan fingerprint density at radius 2 is 2.00 bits per heavy atom. The zero-order valence-electron chi connectivity index (χ0n) is 11.1. The summed E-state index contributed by atoms with van der Waals surface area (Å²) in [6.45, 7) is 0. The van der Waals surface area contributed by atoms with Crippen molar-refractivity contribution in [1.29, 1.82) is 0 Å². The number of amides is 1. The first-order valence-corrected chi connectivity index (χ1v) is 8.33. The molecular weight excluding hydrogens is 401 g/mol. The van der Waals surface area contributed by atoms with Crippen LogP contribution >= 0.6 is 33.9 Å². The Labute approximate surface area is 140 Å². The summed E-state index contributed by atoms with van der Waals surface area (Å²) >= 11 is 3.67. The zero-order chi connectivity index (χ0) is 15.2. The first kappa shape index (κ1) is 16.0. The number of thiophene rings is 1. The molecule has 0 spiro atoms. The minimum absolute atomic E-state index is 0.0149. The average molecular weight is 415 g/mol. The van der Waals surface area contributed by atoms with Crippen LogP contribution in [0.2, 0.25) is 0 Å². The monoisotopic (exact) mass is 415 g/mol. The number of carboxylic acid groups (broad SMARTS) is 1. The number of hydrogen-bond donors (Lipinski definition) is 2. The summed E-state index contributed by atoms with van der Waals surface area (Å²) < 4.78 is 1.04. The Morgan fingerprint density at radius 1 is 1.29 bits per heavy atom. The topological polar surface area (TPSA) is 66.4 Å². The van der Waals surface area contributed by atoms with Crippen LogP contribution in [-0.4, -0.2) is 17.0 Å². The lowest BCUT2D eigenvalue weighted by molar-refractivity contribution is -0.137. The highest BCUT2D eigenvalue weighted by atomic mass is 127. The number of halogens is 1. The van der Waals surface area contributed by atoms with Crippen LogP contribution in [0.5, 0.6) is 0 Å². The number of hydrogen-bond acceptors (Lipinski definition) is 3. The number of carboxylic acids is 1. The molecule has 6 heteroatoms. The summed E-state index contributed by atoms with van der Waals surface area (Å²) in [7, 11) is 0. The highest BCUT2D eigenvalue weighted by molar-refractivity contribution is 14.1. The van der Waals surface area contributed by atoms with Crippen molar-refractivity contribution in [2.75, 3.05) is 0 Å². The van der Waals surface area contributed by atoms with Gasteiger partial charge in [-0.1, -0.05) is 30.3 Å². The lowest BCUT2D eigenvalue weighted by atomic mass is 10.0. The molecule has 1 heterocycles. The van der Waals surface area contributed by atoms with Crippen molar-refractivity contribution in [2.24, 2.45) is 0 Å². The Kier molecular flexibility index (Phi) is 5.75. The van der Waals surface area contributed by atoms with E-state index in [4.69, 9.17) is 5.11 Å². The number of carbonyl (C=O) groups is 2. The standard InChI is InChI=1S/C15H14INO3S/c16-13-8-11(9-21-13)15(20)17-12(6-7-14(18)19)10-4-2-1-3-5-10/h1-5,8-9,12H,6-7H2,(H,17,20)(H,18,19). The summed E-state index contributed by atoms with van der Waals surface area (Å²) in [6, 6.07) is 11.0. The first-order valence-electron chi connectivity index (χ1n) is 6.38. The molecule has 2 rings (SSSR count). The van der Waals surface area contributed by atoms with Gasteiger partial charge in [-0.25, -0.2) is 0 Å². The molecule has 1 unspecified atom stereocenters. The van der Waals surface area contributed by atoms with Crippen molar-refractivity contribution in [3.63, 3.8) is 0 Å². The molecule has 2 N–H and O–H groups in total. The van der Waals surface area contributed by atoms with Crippen LogP contribution in [-0.2, 0) is 4.79 Å². The Morgan fingerprint density at radius 3 is 2.57 bits per heavy atom. The molecule has 2 aromatic rings. The molecular formula is C15H14INO3S. The van der Waals surface area contributed by atoms with Gasteiger partial charge in [-0.2, -0.15) is 0 Å². The molecule has 1 atom stereocenters. The van der Waals surface area contributed by atoms with Gasteiger partial charge < -0.3 is 10.4 Å². The summed E-state index contributed by atoms with van der Waals surface area (Å²) in [5.74, 6) is -1.04. The number of aliphatic carboxylic acids is 1. The third kappa shape index (κ3) is 4.82. The highest BCUT2D eigenvalue weighted by Gasteiger charge is 2.17. The molecule has 1 aromatic carbocycles. The normalized spacial score (nSPS) is 11.9. The third-order valence-electron chi connectivity index (χ3n) is 2.98. The molecule has 0 radical (unpaired) electrons. The van der Waals surface area contributed by atoms with E-state index in [0.29, 0.717) is 12.0 Å². The van der Waals surface area contributed by atoms with Crippen LogP contribution in [0.3, 0.4) is 0 Å². The van der Waals surface area contributed by atoms with Gasteiger partial charge >= 0.3 is 5.97 Å². The van der Waals surface area contributed by atoms with E-state index in [0.717, 1.165) is 8.45 Å². The van der Waals surface area contributed by atoms with Crippen molar-refractivity contribution in [2.45, 2.75) is 18.9 Å². The number of nitrogens with one attached hydrogen (secondary N) is 1. The van der Waals surface area contributed by atoms with Gasteiger partial charge in [0.2, 0.25) is 0 Å². The van der Waals surface area contributed by atoms with E-state index in [1.807, 2.05) is 36.4 Å². The Hall–Kier alpha value is -1.41. The molecule has 0 aliphatic heterocycles. The second-order valence-electron chi connectivity index (χ2n) is 4.51. The molecule has 0 bridgehead atoms. The molecule has 0 saturated carbocycles. The van der Waals surface area contributed by atoms with Gasteiger partial charge in [-0.05, 0) is 40.6 Å². The van der Waals surface area contributed by atoms with Gasteiger partial charge in [0.15, 0.2) is 0 Å². The fourth-order valence-corrected chi connectivity index (χ4v) is 3.27. The molecule has 4 nitrogen and oxygen atoms in total. The van der Waals surface area contributed by atoms with Crippen molar-refractivity contribution in [1.82, 2.24) is 5.32 Å². The molecule has 1 amide bonds. The van der Waals surface area contributed by atoms with E-state index in [2.05, 4.69) is 27.9 Å². The van der Waals surface area contributed by atoms with E-state index in [9.17, 15) is 9.59 Å². The summed E-state index contributed by atoms with van der Waals surface area (Å²) in [5.41, 5.74) is 1.53. The van der Waals surface area contributed by atoms with Crippen LogP contribution in [0.25, 0.3) is 0 Å². The molecule has 21 heavy (non-hydrogen) atoms. The molecule has 0 saturated heterocycles. The van der Waals surface area contributed by atoms with E-state index in [1.165, 1.54) is 11.3 Å². The van der Waals surface area contributed by atoms with Gasteiger partial charge in [-0.15, -0.1) is 11.3 Å². The fourth-order valence-electron chi connectivity index (χ4n) is 1.95. The minimum atomic E-state index is -0.865. The van der Waals surface area contributed by atoms with Gasteiger partial charge in [0.25, 0.3) is 5.91 Å². The molecule has 0 aliphatic rings. The van der Waals surface area contributed by atoms with Crippen molar-refractivity contribution in [3.05, 3.63) is 55.8 Å². The Balaban J connectivity index is 2.12. The summed E-state index contributed by atoms with van der Waals surface area (Å²) in [4.78, 5) is 23.0. The van der Waals surface area contributed by atoms with Crippen LogP contribution in [0.1, 0.15) is 34.8 Å². The minimum Gasteiger partial charge on any atom is -0.481 e. The van der Waals surface area contributed by atoms with Crippen molar-refractivity contribution < 1.29 is 14.7 Å². The number of benzene rings is 1. The van der Waals surface area contributed by atoms with E-state index in [1.54, 1.807) is 5.38 Å². The number of rotatable bonds is 6. The van der Waals surface area contributed by atoms with Gasteiger partial charge in [0, 0.05) is 11.8 Å². The molecule has 0 fully saturated rings. The predicted octanol–water partition coefficient (Wildman–Crippen LogP) is 3.69. The van der Waals surface area contributed by atoms with Crippen LogP contribution in [0.15, 0.2) is 41.8 Å². The second-order valence-corrected chi connectivity index (χ2v) is 7.31. The first-order chi connectivity index (χ1) is 10.1. The van der Waals surface area contributed by atoms with Crippen LogP contribution in [0.4, 0.5) is 0 Å². The molecule has 0 aliphatic carbocycles. The average Bonchev–Trinajstić information content (AvgIpc) is 2.90. The molecule has 1 aromatic heterocycles. The summed E-state index contributed by atoms with van der Waals surface area (Å²) in [6.07, 6.45) is 0.382. The highest BCUT2D eigenvalue weighted by Crippen LogP contribution is 2.21. The van der Waals surface area contributed by atoms with E-state index < -0.39 is 5.97 Å². The quantitative estimate of drug-likeness (QED) is 0.708. The van der Waals surface area contributed by atoms with Gasteiger partial charge in [0.1, 0.15) is 0 Å². The third-order valence-corrected chi connectivity index (χ3v) is 4.77. The SMILES string of the molecule is O=C(O)CCC(NC(=O)c1csc(I)c1)c1ccccc1. The van der Waals surface area contributed by atoms with Gasteiger partial charge in [0.05, 0.1) is 14.5 Å². The van der Waals surface area contributed by atoms with Crippen LogP contribution in [0, 0.1) is 2.88 Å². The predicted molar refractivity (Wildman–Crippen MR) is 90.6 cm³/mol. The number of carbonyl (C=O) groups excluding carboxylic acids is 1. The molecule has 110 valence electrons. The largest absolute Gasteiger partial charge is 0.481 e. The second kappa shape index (κ2) is 7.56. The maximum atomic E-state index is 12.2. The maximum absolute atomic E-state index is 12.2. The maximum Gasteiger partial charge on any atom is 0.303 e. The lowest BCUT2D eigenvalue weighted by Gasteiger charge is -2.18. The van der Waals surface area contributed by atoms with Crippen LogP contribution < -0.4 is 5.32 Å². The summed E-state index contributed by atoms with van der Waals surface area (Å²) in [5, 5.41) is 13.6. The Bertz CT molecular complexity index is 627.